The monoisotopic (exact) mass is 484 g/mol. The number of unbranched alkanes of at least 4 members (excludes halogenated alkanes) is 15. The minimum atomic E-state index is -1.17. The highest BCUT2D eigenvalue weighted by atomic mass is 16.4. The van der Waals surface area contributed by atoms with Gasteiger partial charge in [-0.1, -0.05) is 89.7 Å². The fourth-order valence-corrected chi connectivity index (χ4v) is 4.49. The van der Waals surface area contributed by atoms with Crippen molar-refractivity contribution in [1.82, 2.24) is 0 Å². The van der Waals surface area contributed by atoms with Crippen molar-refractivity contribution >= 4 is 17.9 Å². The van der Waals surface area contributed by atoms with Gasteiger partial charge < -0.3 is 15.3 Å². The minimum absolute atomic E-state index is 0.256. The van der Waals surface area contributed by atoms with Crippen molar-refractivity contribution in [3.63, 3.8) is 0 Å². The number of quaternary nitrogens is 1. The van der Waals surface area contributed by atoms with E-state index < -0.39 is 42.0 Å². The molecule has 0 spiro atoms. The van der Waals surface area contributed by atoms with Gasteiger partial charge in [-0.15, -0.1) is 0 Å². The topological polar surface area (TPSA) is 112 Å². The number of aliphatic carboxylic acids is 3. The molecule has 0 aliphatic heterocycles. The maximum absolute atomic E-state index is 11.2. The lowest BCUT2D eigenvalue weighted by molar-refractivity contribution is -0.907. The van der Waals surface area contributed by atoms with Gasteiger partial charge >= 0.3 is 17.9 Å². The van der Waals surface area contributed by atoms with E-state index in [-0.39, 0.29) is 6.54 Å². The fraction of sp³-hybridized carbons (Fsp3) is 0.815. The number of carbonyl (C=O) groups is 3. The van der Waals surface area contributed by atoms with Crippen molar-refractivity contribution in [2.45, 2.75) is 116 Å². The maximum atomic E-state index is 11.2. The van der Waals surface area contributed by atoms with Gasteiger partial charge in [-0.2, -0.15) is 0 Å². The minimum Gasteiger partial charge on any atom is -0.477 e. The lowest BCUT2D eigenvalue weighted by atomic mass is 10.1. The molecule has 7 heteroatoms. The third kappa shape index (κ3) is 20.7. The van der Waals surface area contributed by atoms with Crippen molar-refractivity contribution in [2.75, 3.05) is 26.2 Å². The molecule has 0 saturated heterocycles. The number of carboxylic acids is 3. The Balaban J connectivity index is 3.79. The average molecular weight is 485 g/mol. The van der Waals surface area contributed by atoms with Gasteiger partial charge in [0, 0.05) is 0 Å². The molecule has 0 bridgehead atoms. The van der Waals surface area contributed by atoms with E-state index in [2.05, 4.69) is 19.1 Å². The van der Waals surface area contributed by atoms with E-state index in [0.717, 1.165) is 38.5 Å². The van der Waals surface area contributed by atoms with E-state index in [1.165, 1.54) is 64.2 Å². The molecule has 0 saturated carbocycles. The van der Waals surface area contributed by atoms with Gasteiger partial charge in [-0.3, -0.25) is 4.48 Å². The Morgan fingerprint density at radius 2 is 0.853 bits per heavy atom. The summed E-state index contributed by atoms with van der Waals surface area (Å²) in [4.78, 5) is 33.5. The SMILES string of the molecule is CCCCCCCCCCC/C=C/CCCCCCCC[N+](CC(=O)O)(CC(=O)O)CC(=O)O. The van der Waals surface area contributed by atoms with Crippen molar-refractivity contribution in [3.8, 4) is 0 Å². The van der Waals surface area contributed by atoms with Crippen LogP contribution in [0.1, 0.15) is 116 Å². The molecule has 7 nitrogen and oxygen atoms in total. The van der Waals surface area contributed by atoms with Crippen LogP contribution in [0.4, 0.5) is 0 Å². The zero-order valence-corrected chi connectivity index (χ0v) is 21.5. The Bertz CT molecular complexity index is 535. The highest BCUT2D eigenvalue weighted by molar-refractivity contribution is 5.73. The molecule has 34 heavy (non-hydrogen) atoms. The fourth-order valence-electron chi connectivity index (χ4n) is 4.49. The van der Waals surface area contributed by atoms with Crippen molar-refractivity contribution in [2.24, 2.45) is 0 Å². The summed E-state index contributed by atoms with van der Waals surface area (Å²) in [6, 6.07) is 0. The Labute approximate surface area is 206 Å². The molecule has 0 aliphatic carbocycles. The van der Waals surface area contributed by atoms with E-state index in [1.54, 1.807) is 0 Å². The first kappa shape index (κ1) is 32.1. The summed E-state index contributed by atoms with van der Waals surface area (Å²) in [7, 11) is 0. The molecule has 0 atom stereocenters. The zero-order chi connectivity index (χ0) is 25.5. The van der Waals surface area contributed by atoms with Gasteiger partial charge in [0.1, 0.15) is 0 Å². The molecular formula is C27H50NO6+. The van der Waals surface area contributed by atoms with Crippen LogP contribution in [-0.2, 0) is 14.4 Å². The lowest BCUT2D eigenvalue weighted by Gasteiger charge is -2.34. The predicted molar refractivity (Wildman–Crippen MR) is 136 cm³/mol. The highest BCUT2D eigenvalue weighted by Crippen LogP contribution is 2.14. The van der Waals surface area contributed by atoms with Crippen molar-refractivity contribution in [1.29, 1.82) is 0 Å². The second-order valence-electron chi connectivity index (χ2n) is 9.72. The highest BCUT2D eigenvalue weighted by Gasteiger charge is 2.35. The summed E-state index contributed by atoms with van der Waals surface area (Å²) in [6.45, 7) is 1.07. The number of hydrogen-bond donors (Lipinski definition) is 3. The number of hydrogen-bond acceptors (Lipinski definition) is 3. The zero-order valence-electron chi connectivity index (χ0n) is 21.5. The third-order valence-electron chi connectivity index (χ3n) is 6.31. The largest absolute Gasteiger partial charge is 0.477 e. The molecule has 0 unspecified atom stereocenters. The van der Waals surface area contributed by atoms with Gasteiger partial charge in [0.15, 0.2) is 19.6 Å². The van der Waals surface area contributed by atoms with Crippen LogP contribution >= 0.6 is 0 Å². The molecule has 0 rings (SSSR count). The second-order valence-corrected chi connectivity index (χ2v) is 9.72. The number of carboxylic acid groups (broad SMARTS) is 3. The summed E-state index contributed by atoms with van der Waals surface area (Å²) >= 11 is 0. The molecule has 0 heterocycles. The molecule has 0 fully saturated rings. The predicted octanol–water partition coefficient (Wildman–Crippen LogP) is 6.26. The Hall–Kier alpha value is -1.89. The van der Waals surface area contributed by atoms with E-state index in [4.69, 9.17) is 15.3 Å². The van der Waals surface area contributed by atoms with Crippen LogP contribution in [0.2, 0.25) is 0 Å². The van der Waals surface area contributed by atoms with Crippen LogP contribution in [0, 0.1) is 0 Å². The first-order valence-corrected chi connectivity index (χ1v) is 13.5. The molecule has 0 aromatic rings. The van der Waals surface area contributed by atoms with E-state index in [1.807, 2.05) is 0 Å². The van der Waals surface area contributed by atoms with Crippen molar-refractivity contribution in [3.05, 3.63) is 12.2 Å². The molecule has 0 aromatic heterocycles. The smallest absolute Gasteiger partial charge is 0.359 e. The molecule has 0 aromatic carbocycles. The first-order chi connectivity index (χ1) is 16.3. The van der Waals surface area contributed by atoms with Crippen LogP contribution in [-0.4, -0.2) is 63.9 Å². The Morgan fingerprint density at radius 1 is 0.529 bits per heavy atom. The molecule has 0 amide bonds. The van der Waals surface area contributed by atoms with Crippen LogP contribution in [0.3, 0.4) is 0 Å². The van der Waals surface area contributed by atoms with Gasteiger partial charge in [-0.05, 0) is 38.5 Å². The summed E-state index contributed by atoms with van der Waals surface area (Å²) in [5.74, 6) is -3.52. The van der Waals surface area contributed by atoms with E-state index >= 15 is 0 Å². The summed E-state index contributed by atoms with van der Waals surface area (Å²) in [5.41, 5.74) is 0. The summed E-state index contributed by atoms with van der Waals surface area (Å²) in [6.07, 6.45) is 25.0. The van der Waals surface area contributed by atoms with E-state index in [0.29, 0.717) is 6.42 Å². The third-order valence-corrected chi connectivity index (χ3v) is 6.31. The molecule has 198 valence electrons. The standard InChI is InChI=1S/C27H49NO6/c1-2-3-4-5-6-7-8-9-10-11-12-13-14-15-16-17-18-19-20-21-28(22-25(29)30,23-26(31)32)24-27(33)34/h12-13H,2-11,14-24H2,1H3,(H2-,29,30,31,32,33,34)/p+1/b13-12+. The van der Waals surface area contributed by atoms with Gasteiger partial charge in [-0.25, -0.2) is 14.4 Å². The van der Waals surface area contributed by atoms with Gasteiger partial charge in [0.05, 0.1) is 6.54 Å². The van der Waals surface area contributed by atoms with Crippen molar-refractivity contribution < 1.29 is 34.2 Å². The number of allylic oxidation sites excluding steroid dienone is 2. The average Bonchev–Trinajstić information content (AvgIpc) is 2.73. The maximum Gasteiger partial charge on any atom is 0.359 e. The summed E-state index contributed by atoms with van der Waals surface area (Å²) < 4.78 is -0.441. The van der Waals surface area contributed by atoms with Gasteiger partial charge in [0.25, 0.3) is 0 Å². The van der Waals surface area contributed by atoms with E-state index in [9.17, 15) is 14.4 Å². The molecule has 0 radical (unpaired) electrons. The molecular weight excluding hydrogens is 434 g/mol. The van der Waals surface area contributed by atoms with Crippen LogP contribution in [0.25, 0.3) is 0 Å². The summed E-state index contributed by atoms with van der Waals surface area (Å²) in [5, 5.41) is 27.4. The Kier molecular flexibility index (Phi) is 20.4. The van der Waals surface area contributed by atoms with Crippen LogP contribution in [0.15, 0.2) is 12.2 Å². The number of rotatable bonds is 25. The van der Waals surface area contributed by atoms with Gasteiger partial charge in [0.2, 0.25) is 0 Å². The normalized spacial score (nSPS) is 11.8. The second kappa shape index (κ2) is 21.6. The Morgan fingerprint density at radius 3 is 1.21 bits per heavy atom. The first-order valence-electron chi connectivity index (χ1n) is 13.5. The van der Waals surface area contributed by atoms with Crippen LogP contribution in [0.5, 0.6) is 0 Å². The molecule has 0 aliphatic rings. The number of nitrogens with zero attached hydrogens (tertiary/aromatic N) is 1. The quantitative estimate of drug-likeness (QED) is 0.0800. The lowest BCUT2D eigenvalue weighted by Crippen LogP contribution is -2.57. The van der Waals surface area contributed by atoms with Crippen LogP contribution < -0.4 is 0 Å². The molecule has 3 N–H and O–H groups in total.